The Kier molecular flexibility index (Phi) is 7.01. The average molecular weight is 270 g/mol. The molecule has 0 aromatic heterocycles. The van der Waals surface area contributed by atoms with Crippen LogP contribution in [0.15, 0.2) is 0 Å². The number of ketones is 1. The molecule has 0 bridgehead atoms. The molecule has 0 aliphatic heterocycles. The quantitative estimate of drug-likeness (QED) is 0.568. The molecule has 0 radical (unpaired) electrons. The van der Waals surface area contributed by atoms with Gasteiger partial charge in [0.05, 0.1) is 0 Å². The van der Waals surface area contributed by atoms with Crippen LogP contribution in [0.5, 0.6) is 0 Å². The van der Waals surface area contributed by atoms with E-state index in [0.29, 0.717) is 5.92 Å². The summed E-state index contributed by atoms with van der Waals surface area (Å²) < 4.78 is 10.4. The van der Waals surface area contributed by atoms with Crippen LogP contribution in [0.3, 0.4) is 0 Å². The number of ether oxygens (including phenoxy) is 2. The maximum Gasteiger partial charge on any atom is 0.158 e. The first-order valence-electron chi connectivity index (χ1n) is 7.56. The van der Waals surface area contributed by atoms with Crippen molar-refractivity contribution in [1.82, 2.24) is 0 Å². The number of carbonyl (C=O) groups is 1. The third-order valence-corrected chi connectivity index (χ3v) is 4.40. The summed E-state index contributed by atoms with van der Waals surface area (Å²) in [5.41, 5.74) is 0. The van der Waals surface area contributed by atoms with E-state index >= 15 is 0 Å². The lowest BCUT2D eigenvalue weighted by atomic mass is 9.82. The van der Waals surface area contributed by atoms with Gasteiger partial charge < -0.3 is 9.47 Å². The van der Waals surface area contributed by atoms with Gasteiger partial charge in [0.15, 0.2) is 5.78 Å². The molecule has 1 rings (SSSR count). The van der Waals surface area contributed by atoms with Crippen LogP contribution in [-0.2, 0) is 14.3 Å². The molecule has 112 valence electrons. The predicted octanol–water partition coefficient (Wildman–Crippen LogP) is 3.66. The molecule has 4 atom stereocenters. The van der Waals surface area contributed by atoms with E-state index in [1.807, 2.05) is 0 Å². The second-order valence-electron chi connectivity index (χ2n) is 6.45. The van der Waals surface area contributed by atoms with Crippen LogP contribution >= 0.6 is 0 Å². The predicted molar refractivity (Wildman–Crippen MR) is 76.9 cm³/mol. The van der Waals surface area contributed by atoms with Gasteiger partial charge in [-0.15, -0.1) is 0 Å². The lowest BCUT2D eigenvalue weighted by Gasteiger charge is -2.27. The van der Waals surface area contributed by atoms with Crippen molar-refractivity contribution in [3.8, 4) is 0 Å². The first-order valence-corrected chi connectivity index (χ1v) is 7.56. The van der Waals surface area contributed by atoms with E-state index < -0.39 is 0 Å². The molecule has 0 heterocycles. The van der Waals surface area contributed by atoms with E-state index in [1.165, 1.54) is 19.3 Å². The van der Waals surface area contributed by atoms with Crippen LogP contribution in [-0.4, -0.2) is 25.8 Å². The first kappa shape index (κ1) is 16.6. The summed E-state index contributed by atoms with van der Waals surface area (Å²) in [7, 11) is 1.59. The van der Waals surface area contributed by atoms with Gasteiger partial charge >= 0.3 is 0 Å². The summed E-state index contributed by atoms with van der Waals surface area (Å²) in [6.45, 7) is 8.56. The Hall–Kier alpha value is -0.410. The molecule has 1 saturated carbocycles. The maximum absolute atomic E-state index is 11.6. The largest absolute Gasteiger partial charge is 0.359 e. The molecular weight excluding hydrogens is 240 g/mol. The number of carbonyl (C=O) groups excluding carboxylic acids is 1. The van der Waals surface area contributed by atoms with Crippen LogP contribution in [0.4, 0.5) is 0 Å². The minimum absolute atomic E-state index is 0.103. The SMILES string of the molecule is COCOC(C(C)=O)C(C)CC(C)C(C)CC1CC1. The molecule has 0 aromatic carbocycles. The molecule has 0 N–H and O–H groups in total. The van der Waals surface area contributed by atoms with Crippen LogP contribution < -0.4 is 0 Å². The van der Waals surface area contributed by atoms with Gasteiger partial charge in [0.25, 0.3) is 0 Å². The van der Waals surface area contributed by atoms with Crippen LogP contribution in [0.25, 0.3) is 0 Å². The summed E-state index contributed by atoms with van der Waals surface area (Å²) >= 11 is 0. The van der Waals surface area contributed by atoms with Gasteiger partial charge in [0.2, 0.25) is 0 Å². The summed E-state index contributed by atoms with van der Waals surface area (Å²) in [6.07, 6.45) is 4.90. The Morgan fingerprint density at radius 3 is 2.26 bits per heavy atom. The van der Waals surface area contributed by atoms with Crippen LogP contribution in [0, 0.1) is 23.7 Å². The van der Waals surface area contributed by atoms with Gasteiger partial charge in [-0.1, -0.05) is 33.6 Å². The van der Waals surface area contributed by atoms with Crippen molar-refractivity contribution in [2.75, 3.05) is 13.9 Å². The Morgan fingerprint density at radius 1 is 1.16 bits per heavy atom. The molecule has 19 heavy (non-hydrogen) atoms. The average Bonchev–Trinajstić information content (AvgIpc) is 3.12. The molecular formula is C16H30O3. The molecule has 0 spiro atoms. The van der Waals surface area contributed by atoms with Crippen LogP contribution in [0.1, 0.15) is 53.4 Å². The second-order valence-corrected chi connectivity index (χ2v) is 6.45. The van der Waals surface area contributed by atoms with Crippen LogP contribution in [0.2, 0.25) is 0 Å². The van der Waals surface area contributed by atoms with E-state index in [9.17, 15) is 4.79 Å². The monoisotopic (exact) mass is 270 g/mol. The Balaban J connectivity index is 2.39. The van der Waals surface area contributed by atoms with Crippen molar-refractivity contribution in [3.63, 3.8) is 0 Å². The van der Waals surface area contributed by atoms with Gasteiger partial charge in [-0.2, -0.15) is 0 Å². The molecule has 0 aromatic rings. The first-order chi connectivity index (χ1) is 8.95. The highest BCUT2D eigenvalue weighted by Crippen LogP contribution is 2.38. The van der Waals surface area contributed by atoms with Crippen molar-refractivity contribution in [1.29, 1.82) is 0 Å². The Morgan fingerprint density at radius 2 is 1.79 bits per heavy atom. The fourth-order valence-electron chi connectivity index (χ4n) is 2.88. The molecule has 3 nitrogen and oxygen atoms in total. The van der Waals surface area contributed by atoms with E-state index in [4.69, 9.17) is 9.47 Å². The van der Waals surface area contributed by atoms with Gasteiger partial charge in [-0.25, -0.2) is 0 Å². The lowest BCUT2D eigenvalue weighted by Crippen LogP contribution is -2.32. The smallest absolute Gasteiger partial charge is 0.158 e. The van der Waals surface area contributed by atoms with Crippen molar-refractivity contribution in [3.05, 3.63) is 0 Å². The van der Waals surface area contributed by atoms with Crippen molar-refractivity contribution in [2.45, 2.75) is 59.5 Å². The van der Waals surface area contributed by atoms with E-state index in [-0.39, 0.29) is 24.6 Å². The highest BCUT2D eigenvalue weighted by molar-refractivity contribution is 5.80. The summed E-state index contributed by atoms with van der Waals surface area (Å²) in [6, 6.07) is 0. The minimum Gasteiger partial charge on any atom is -0.359 e. The molecule has 1 aliphatic rings. The van der Waals surface area contributed by atoms with E-state index in [0.717, 1.165) is 18.3 Å². The summed E-state index contributed by atoms with van der Waals surface area (Å²) in [5.74, 6) is 2.71. The van der Waals surface area contributed by atoms with Gasteiger partial charge in [-0.05, 0) is 43.4 Å². The zero-order chi connectivity index (χ0) is 14.4. The summed E-state index contributed by atoms with van der Waals surface area (Å²) in [5, 5.41) is 0. The number of hydrogen-bond donors (Lipinski definition) is 0. The molecule has 1 fully saturated rings. The van der Waals surface area contributed by atoms with Gasteiger partial charge in [0.1, 0.15) is 12.9 Å². The molecule has 0 amide bonds. The summed E-state index contributed by atoms with van der Waals surface area (Å²) in [4.78, 5) is 11.6. The molecule has 0 saturated heterocycles. The van der Waals surface area contributed by atoms with Gasteiger partial charge in [-0.3, -0.25) is 4.79 Å². The third-order valence-electron chi connectivity index (χ3n) is 4.40. The number of rotatable bonds is 10. The van der Waals surface area contributed by atoms with Gasteiger partial charge in [0, 0.05) is 7.11 Å². The lowest BCUT2D eigenvalue weighted by molar-refractivity contribution is -0.143. The number of Topliss-reactive ketones (excluding diaryl/α,β-unsaturated/α-hetero) is 1. The fourth-order valence-corrected chi connectivity index (χ4v) is 2.88. The second kappa shape index (κ2) is 8.01. The Bertz CT molecular complexity index is 273. The van der Waals surface area contributed by atoms with E-state index in [2.05, 4.69) is 20.8 Å². The van der Waals surface area contributed by atoms with Crippen molar-refractivity contribution in [2.24, 2.45) is 23.7 Å². The third kappa shape index (κ3) is 6.05. The zero-order valence-electron chi connectivity index (χ0n) is 13.1. The fraction of sp³-hybridized carbons (Fsp3) is 0.938. The highest BCUT2D eigenvalue weighted by atomic mass is 16.7. The van der Waals surface area contributed by atoms with Crippen molar-refractivity contribution >= 4 is 5.78 Å². The maximum atomic E-state index is 11.6. The number of hydrogen-bond acceptors (Lipinski definition) is 3. The normalized spacial score (nSPS) is 21.7. The molecule has 1 aliphatic carbocycles. The molecule has 4 unspecified atom stereocenters. The highest BCUT2D eigenvalue weighted by Gasteiger charge is 2.29. The Labute approximate surface area is 118 Å². The standard InChI is InChI=1S/C16H30O3/c1-11(12(2)9-15-6-7-15)8-13(3)16(14(4)17)19-10-18-5/h11-13,15-16H,6-10H2,1-5H3. The zero-order valence-corrected chi connectivity index (χ0v) is 13.1. The topological polar surface area (TPSA) is 35.5 Å². The van der Waals surface area contributed by atoms with Crippen molar-refractivity contribution < 1.29 is 14.3 Å². The number of methoxy groups -OCH3 is 1. The molecule has 3 heteroatoms. The minimum atomic E-state index is -0.324. The van der Waals surface area contributed by atoms with E-state index in [1.54, 1.807) is 14.0 Å².